The lowest BCUT2D eigenvalue weighted by Crippen LogP contribution is -2.00. The number of carboxylic acids is 1. The van der Waals surface area contributed by atoms with Crippen LogP contribution in [-0.2, 0) is 6.42 Å². The molecule has 0 bridgehead atoms. The van der Waals surface area contributed by atoms with Crippen molar-refractivity contribution in [3.8, 4) is 11.3 Å². The minimum atomic E-state index is -1.04. The lowest BCUT2D eigenvalue weighted by atomic mass is 10.1. The van der Waals surface area contributed by atoms with Gasteiger partial charge >= 0.3 is 5.97 Å². The zero-order chi connectivity index (χ0) is 12.4. The van der Waals surface area contributed by atoms with Crippen molar-refractivity contribution in [2.75, 3.05) is 0 Å². The number of aromatic nitrogens is 2. The van der Waals surface area contributed by atoms with Crippen LogP contribution in [0.4, 0.5) is 0 Å². The molecule has 0 atom stereocenters. The van der Waals surface area contributed by atoms with Crippen molar-refractivity contribution in [2.24, 2.45) is 0 Å². The van der Waals surface area contributed by atoms with E-state index < -0.39 is 5.97 Å². The minimum Gasteiger partial charge on any atom is -0.477 e. The van der Waals surface area contributed by atoms with Gasteiger partial charge in [-0.05, 0) is 28.1 Å². The fourth-order valence-corrected chi connectivity index (χ4v) is 1.73. The molecule has 0 saturated heterocycles. The second-order valence-electron chi connectivity index (χ2n) is 3.36. The molecule has 1 N–H and O–H groups in total. The molecule has 0 spiro atoms. The highest BCUT2D eigenvalue weighted by atomic mass is 79.9. The van der Waals surface area contributed by atoms with Crippen LogP contribution in [-0.4, -0.2) is 21.2 Å². The zero-order valence-electron chi connectivity index (χ0n) is 8.98. The van der Waals surface area contributed by atoms with Crippen molar-refractivity contribution in [1.82, 2.24) is 10.1 Å². The van der Waals surface area contributed by atoms with E-state index >= 15 is 0 Å². The molecule has 17 heavy (non-hydrogen) atoms. The van der Waals surface area contributed by atoms with E-state index in [9.17, 15) is 4.79 Å². The van der Waals surface area contributed by atoms with Crippen LogP contribution in [0.15, 0.2) is 27.5 Å². The van der Waals surface area contributed by atoms with E-state index in [-0.39, 0.29) is 5.56 Å². The van der Waals surface area contributed by atoms with E-state index in [4.69, 9.17) is 9.63 Å². The summed E-state index contributed by atoms with van der Waals surface area (Å²) >= 11 is 3.21. The third-order valence-electron chi connectivity index (χ3n) is 2.30. The summed E-state index contributed by atoms with van der Waals surface area (Å²) < 4.78 is 5.70. The summed E-state index contributed by atoms with van der Waals surface area (Å²) in [6.07, 6.45) is 2.03. The monoisotopic (exact) mass is 296 g/mol. The van der Waals surface area contributed by atoms with E-state index in [1.807, 2.05) is 6.92 Å². The minimum absolute atomic E-state index is 0.108. The summed E-state index contributed by atoms with van der Waals surface area (Å²) in [5.74, 6) is -0.670. The normalized spacial score (nSPS) is 10.5. The Kier molecular flexibility index (Phi) is 3.23. The Bertz CT molecular complexity index is 548. The van der Waals surface area contributed by atoms with Crippen molar-refractivity contribution in [3.63, 3.8) is 0 Å². The number of aromatic carboxylic acids is 1. The summed E-state index contributed by atoms with van der Waals surface area (Å²) in [7, 11) is 0. The molecular weight excluding hydrogens is 288 g/mol. The molecule has 88 valence electrons. The molecule has 2 heterocycles. The smallest absolute Gasteiger partial charge is 0.341 e. The summed E-state index contributed by atoms with van der Waals surface area (Å²) in [5.41, 5.74) is 1.04. The third-order valence-corrected chi connectivity index (χ3v) is 2.77. The van der Waals surface area contributed by atoms with Crippen LogP contribution in [0.5, 0.6) is 0 Å². The number of aryl methyl sites for hydroxylation is 1. The first-order valence-electron chi connectivity index (χ1n) is 4.97. The zero-order valence-corrected chi connectivity index (χ0v) is 10.6. The second-order valence-corrected chi connectivity index (χ2v) is 4.17. The Hall–Kier alpha value is -1.69. The van der Waals surface area contributed by atoms with Crippen molar-refractivity contribution in [2.45, 2.75) is 13.3 Å². The molecule has 0 unspecified atom stereocenters. The Morgan fingerprint density at radius 2 is 2.29 bits per heavy atom. The van der Waals surface area contributed by atoms with Crippen molar-refractivity contribution in [3.05, 3.63) is 34.3 Å². The van der Waals surface area contributed by atoms with E-state index in [0.717, 1.165) is 0 Å². The molecule has 2 aromatic heterocycles. The fraction of sp³-hybridized carbons (Fsp3) is 0.182. The van der Waals surface area contributed by atoms with Gasteiger partial charge in [0.1, 0.15) is 15.9 Å². The first-order chi connectivity index (χ1) is 8.13. The molecule has 0 radical (unpaired) electrons. The number of halogens is 1. The van der Waals surface area contributed by atoms with Crippen molar-refractivity contribution < 1.29 is 14.4 Å². The van der Waals surface area contributed by atoms with Crippen molar-refractivity contribution >= 4 is 21.9 Å². The summed E-state index contributed by atoms with van der Waals surface area (Å²) in [6.45, 7) is 1.82. The number of carboxylic acid groups (broad SMARTS) is 1. The average Bonchev–Trinajstić information content (AvgIpc) is 2.73. The number of nitrogens with zero attached hydrogens (tertiary/aromatic N) is 2. The maximum Gasteiger partial charge on any atom is 0.341 e. The molecular formula is C11H9BrN2O3. The number of rotatable bonds is 3. The van der Waals surface area contributed by atoms with Gasteiger partial charge in [0.25, 0.3) is 0 Å². The molecule has 0 aromatic carbocycles. The maximum absolute atomic E-state index is 11.2. The molecule has 0 aliphatic rings. The van der Waals surface area contributed by atoms with Gasteiger partial charge in [0.05, 0.1) is 0 Å². The number of hydrogen-bond donors (Lipinski definition) is 1. The highest BCUT2D eigenvalue weighted by Crippen LogP contribution is 2.26. The summed E-state index contributed by atoms with van der Waals surface area (Å²) in [5, 5.41) is 12.9. The molecule has 0 aliphatic heterocycles. The number of hydrogen-bond acceptors (Lipinski definition) is 4. The lowest BCUT2D eigenvalue weighted by Gasteiger charge is -1.98. The van der Waals surface area contributed by atoms with Crippen LogP contribution < -0.4 is 0 Å². The largest absolute Gasteiger partial charge is 0.477 e. The fourth-order valence-electron chi connectivity index (χ4n) is 1.50. The van der Waals surface area contributed by atoms with Gasteiger partial charge in [0.15, 0.2) is 5.76 Å². The molecule has 0 aliphatic carbocycles. The molecule has 6 heteroatoms. The van der Waals surface area contributed by atoms with E-state index in [1.54, 1.807) is 18.3 Å². The first kappa shape index (κ1) is 11.8. The second kappa shape index (κ2) is 4.67. The Labute approximate surface area is 106 Å². The predicted molar refractivity (Wildman–Crippen MR) is 63.8 cm³/mol. The standard InChI is InChI=1S/C11H9BrN2O3/c1-2-7-9(11(15)16)10(14-17-7)6-3-4-8(12)13-5-6/h3-5H,2H2,1H3,(H,15,16). The Morgan fingerprint density at radius 3 is 2.82 bits per heavy atom. The number of pyridine rings is 1. The lowest BCUT2D eigenvalue weighted by molar-refractivity contribution is 0.0695. The van der Waals surface area contributed by atoms with Gasteiger partial charge < -0.3 is 9.63 Å². The van der Waals surface area contributed by atoms with Gasteiger partial charge in [-0.25, -0.2) is 9.78 Å². The molecule has 0 amide bonds. The van der Waals surface area contributed by atoms with E-state index in [0.29, 0.717) is 28.0 Å². The van der Waals surface area contributed by atoms with Crippen LogP contribution in [0, 0.1) is 0 Å². The molecule has 2 aromatic rings. The highest BCUT2D eigenvalue weighted by Gasteiger charge is 2.22. The molecule has 2 rings (SSSR count). The quantitative estimate of drug-likeness (QED) is 0.881. The predicted octanol–water partition coefficient (Wildman–Crippen LogP) is 2.76. The van der Waals surface area contributed by atoms with Crippen LogP contribution in [0.25, 0.3) is 11.3 Å². The topological polar surface area (TPSA) is 76.2 Å². The van der Waals surface area contributed by atoms with Gasteiger partial charge in [-0.2, -0.15) is 0 Å². The van der Waals surface area contributed by atoms with Gasteiger partial charge in [-0.1, -0.05) is 12.1 Å². The number of carbonyl (C=O) groups is 1. The van der Waals surface area contributed by atoms with Crippen LogP contribution in [0.1, 0.15) is 23.0 Å². The third kappa shape index (κ3) is 2.21. The summed E-state index contributed by atoms with van der Waals surface area (Å²) in [4.78, 5) is 15.2. The van der Waals surface area contributed by atoms with Crippen molar-refractivity contribution in [1.29, 1.82) is 0 Å². The van der Waals surface area contributed by atoms with Crippen LogP contribution >= 0.6 is 15.9 Å². The average molecular weight is 297 g/mol. The molecule has 0 saturated carbocycles. The van der Waals surface area contributed by atoms with Crippen LogP contribution in [0.3, 0.4) is 0 Å². The SMILES string of the molecule is CCc1onc(-c2ccc(Br)nc2)c1C(=O)O. The first-order valence-corrected chi connectivity index (χ1v) is 5.76. The Balaban J connectivity index is 2.55. The maximum atomic E-state index is 11.2. The molecule has 5 nitrogen and oxygen atoms in total. The summed E-state index contributed by atoms with van der Waals surface area (Å²) in [6, 6.07) is 3.46. The van der Waals surface area contributed by atoms with Gasteiger partial charge in [0.2, 0.25) is 0 Å². The van der Waals surface area contributed by atoms with Gasteiger partial charge in [0, 0.05) is 18.2 Å². The van der Waals surface area contributed by atoms with E-state index in [2.05, 4.69) is 26.1 Å². The van der Waals surface area contributed by atoms with Gasteiger partial charge in [-0.3, -0.25) is 0 Å². The van der Waals surface area contributed by atoms with Crippen LogP contribution in [0.2, 0.25) is 0 Å². The van der Waals surface area contributed by atoms with Gasteiger partial charge in [-0.15, -0.1) is 0 Å². The Morgan fingerprint density at radius 1 is 1.53 bits per heavy atom. The highest BCUT2D eigenvalue weighted by molar-refractivity contribution is 9.10. The molecule has 0 fully saturated rings. The van der Waals surface area contributed by atoms with E-state index in [1.165, 1.54) is 0 Å².